The fraction of sp³-hybridized carbons (Fsp3) is 0.154. The highest BCUT2D eigenvalue weighted by molar-refractivity contribution is 6.28. The molecular formula is C13H11ClN2O3. The molecule has 0 N–H and O–H groups in total. The van der Waals surface area contributed by atoms with Gasteiger partial charge in [-0.25, -0.2) is 14.8 Å². The van der Waals surface area contributed by atoms with E-state index in [0.717, 1.165) is 5.56 Å². The van der Waals surface area contributed by atoms with Crippen LogP contribution >= 0.6 is 11.6 Å². The quantitative estimate of drug-likeness (QED) is 0.638. The molecule has 0 amide bonds. The SMILES string of the molecule is COC(=O)c1cc(-c2ccccc2OC)nc(Cl)n1. The van der Waals surface area contributed by atoms with Gasteiger partial charge in [0.2, 0.25) is 5.28 Å². The molecule has 2 rings (SSSR count). The van der Waals surface area contributed by atoms with Gasteiger partial charge in [0.05, 0.1) is 19.9 Å². The largest absolute Gasteiger partial charge is 0.496 e. The Morgan fingerprint density at radius 3 is 2.63 bits per heavy atom. The maximum Gasteiger partial charge on any atom is 0.356 e. The van der Waals surface area contributed by atoms with Crippen LogP contribution < -0.4 is 4.74 Å². The third-order valence-corrected chi connectivity index (χ3v) is 2.65. The highest BCUT2D eigenvalue weighted by atomic mass is 35.5. The molecule has 1 aromatic carbocycles. The molecule has 0 bridgehead atoms. The first-order chi connectivity index (χ1) is 9.15. The van der Waals surface area contributed by atoms with Gasteiger partial charge in [0.1, 0.15) is 5.75 Å². The minimum Gasteiger partial charge on any atom is -0.496 e. The minimum atomic E-state index is -0.569. The summed E-state index contributed by atoms with van der Waals surface area (Å²) in [5.74, 6) is 0.0635. The summed E-state index contributed by atoms with van der Waals surface area (Å²) < 4.78 is 9.87. The summed E-state index contributed by atoms with van der Waals surface area (Å²) >= 11 is 5.83. The molecule has 19 heavy (non-hydrogen) atoms. The van der Waals surface area contributed by atoms with Crippen LogP contribution in [-0.4, -0.2) is 30.2 Å². The number of carbonyl (C=O) groups excluding carboxylic acids is 1. The zero-order valence-corrected chi connectivity index (χ0v) is 11.1. The summed E-state index contributed by atoms with van der Waals surface area (Å²) in [7, 11) is 2.84. The number of para-hydroxylation sites is 1. The van der Waals surface area contributed by atoms with Crippen LogP contribution in [0.25, 0.3) is 11.3 Å². The van der Waals surface area contributed by atoms with E-state index in [1.807, 2.05) is 18.2 Å². The fourth-order valence-electron chi connectivity index (χ4n) is 1.62. The molecule has 0 aliphatic rings. The van der Waals surface area contributed by atoms with Gasteiger partial charge in [-0.3, -0.25) is 0 Å². The van der Waals surface area contributed by atoms with Crippen LogP contribution in [0.3, 0.4) is 0 Å². The van der Waals surface area contributed by atoms with Gasteiger partial charge in [-0.05, 0) is 29.8 Å². The van der Waals surface area contributed by atoms with Gasteiger partial charge in [0.25, 0.3) is 0 Å². The van der Waals surface area contributed by atoms with E-state index in [0.29, 0.717) is 11.4 Å². The predicted molar refractivity (Wildman–Crippen MR) is 70.4 cm³/mol. The van der Waals surface area contributed by atoms with Crippen molar-refractivity contribution < 1.29 is 14.3 Å². The lowest BCUT2D eigenvalue weighted by molar-refractivity contribution is 0.0594. The van der Waals surface area contributed by atoms with Gasteiger partial charge < -0.3 is 9.47 Å². The summed E-state index contributed by atoms with van der Waals surface area (Å²) in [6.45, 7) is 0. The lowest BCUT2D eigenvalue weighted by Crippen LogP contribution is -2.06. The number of rotatable bonds is 3. The predicted octanol–water partition coefficient (Wildman–Crippen LogP) is 2.59. The maximum atomic E-state index is 11.5. The van der Waals surface area contributed by atoms with Crippen molar-refractivity contribution in [3.63, 3.8) is 0 Å². The average molecular weight is 279 g/mol. The molecule has 0 fully saturated rings. The second kappa shape index (κ2) is 5.67. The lowest BCUT2D eigenvalue weighted by Gasteiger charge is -2.08. The zero-order chi connectivity index (χ0) is 13.8. The molecule has 6 heteroatoms. The molecule has 2 aromatic rings. The second-order valence-corrected chi connectivity index (χ2v) is 3.94. The van der Waals surface area contributed by atoms with Crippen molar-refractivity contribution in [2.45, 2.75) is 0 Å². The standard InChI is InChI=1S/C13H11ClN2O3/c1-18-11-6-4-3-5-8(11)9-7-10(12(17)19-2)16-13(14)15-9/h3-7H,1-2H3. The first kappa shape index (κ1) is 13.3. The number of nitrogens with zero attached hydrogens (tertiary/aromatic N) is 2. The van der Waals surface area contributed by atoms with Gasteiger partial charge in [0, 0.05) is 5.56 Å². The summed E-state index contributed by atoms with van der Waals surface area (Å²) in [5, 5.41) is -0.0243. The van der Waals surface area contributed by atoms with Crippen LogP contribution in [-0.2, 0) is 4.74 Å². The van der Waals surface area contributed by atoms with Crippen LogP contribution in [0, 0.1) is 0 Å². The second-order valence-electron chi connectivity index (χ2n) is 3.60. The van der Waals surface area contributed by atoms with Crippen molar-refractivity contribution in [3.05, 3.63) is 41.3 Å². The minimum absolute atomic E-state index is 0.0243. The molecule has 0 aliphatic carbocycles. The fourth-order valence-corrected chi connectivity index (χ4v) is 1.80. The monoisotopic (exact) mass is 278 g/mol. The molecular weight excluding hydrogens is 268 g/mol. The number of benzene rings is 1. The van der Waals surface area contributed by atoms with Crippen LogP contribution in [0.4, 0.5) is 0 Å². The summed E-state index contributed by atoms with van der Waals surface area (Å²) in [4.78, 5) is 19.4. The van der Waals surface area contributed by atoms with E-state index in [9.17, 15) is 4.79 Å². The Morgan fingerprint density at radius 1 is 1.21 bits per heavy atom. The molecule has 0 unspecified atom stereocenters. The topological polar surface area (TPSA) is 61.3 Å². The van der Waals surface area contributed by atoms with Crippen molar-refractivity contribution in [3.8, 4) is 17.0 Å². The van der Waals surface area contributed by atoms with E-state index < -0.39 is 5.97 Å². The summed E-state index contributed by atoms with van der Waals surface area (Å²) in [5.41, 5.74) is 1.32. The van der Waals surface area contributed by atoms with E-state index in [4.69, 9.17) is 16.3 Å². The smallest absolute Gasteiger partial charge is 0.356 e. The number of ether oxygens (including phenoxy) is 2. The van der Waals surface area contributed by atoms with Gasteiger partial charge in [0.15, 0.2) is 5.69 Å². The molecule has 0 saturated heterocycles. The van der Waals surface area contributed by atoms with Crippen LogP contribution in [0.5, 0.6) is 5.75 Å². The van der Waals surface area contributed by atoms with Crippen molar-refractivity contribution in [2.24, 2.45) is 0 Å². The Bertz CT molecular complexity index is 617. The normalized spacial score (nSPS) is 10.1. The molecule has 0 atom stereocenters. The molecule has 5 nitrogen and oxygen atoms in total. The van der Waals surface area contributed by atoms with Gasteiger partial charge in [-0.2, -0.15) is 0 Å². The van der Waals surface area contributed by atoms with E-state index in [1.165, 1.54) is 13.2 Å². The van der Waals surface area contributed by atoms with Crippen molar-refractivity contribution in [1.29, 1.82) is 0 Å². The summed E-state index contributed by atoms with van der Waals surface area (Å²) in [6.07, 6.45) is 0. The first-order valence-corrected chi connectivity index (χ1v) is 5.79. The molecule has 1 heterocycles. The number of hydrogen-bond acceptors (Lipinski definition) is 5. The number of aromatic nitrogens is 2. The van der Waals surface area contributed by atoms with Crippen molar-refractivity contribution >= 4 is 17.6 Å². The third-order valence-electron chi connectivity index (χ3n) is 2.48. The van der Waals surface area contributed by atoms with Crippen LogP contribution in [0.15, 0.2) is 30.3 Å². The van der Waals surface area contributed by atoms with E-state index in [1.54, 1.807) is 13.2 Å². The Labute approximate surface area is 115 Å². The molecule has 0 aliphatic heterocycles. The van der Waals surface area contributed by atoms with Crippen LogP contribution in [0.1, 0.15) is 10.5 Å². The highest BCUT2D eigenvalue weighted by Gasteiger charge is 2.14. The van der Waals surface area contributed by atoms with Gasteiger partial charge >= 0.3 is 5.97 Å². The Hall–Kier alpha value is -2.14. The number of halogens is 1. The third kappa shape index (κ3) is 2.82. The number of esters is 1. The summed E-state index contributed by atoms with van der Waals surface area (Å²) in [6, 6.07) is 8.80. The molecule has 1 aromatic heterocycles. The van der Waals surface area contributed by atoms with Gasteiger partial charge in [-0.1, -0.05) is 12.1 Å². The van der Waals surface area contributed by atoms with Gasteiger partial charge in [-0.15, -0.1) is 0 Å². The first-order valence-electron chi connectivity index (χ1n) is 5.42. The molecule has 0 radical (unpaired) electrons. The zero-order valence-electron chi connectivity index (χ0n) is 10.4. The lowest BCUT2D eigenvalue weighted by atomic mass is 10.1. The molecule has 0 spiro atoms. The average Bonchev–Trinajstić information content (AvgIpc) is 2.45. The number of hydrogen-bond donors (Lipinski definition) is 0. The maximum absolute atomic E-state index is 11.5. The number of methoxy groups -OCH3 is 2. The van der Waals surface area contributed by atoms with Crippen molar-refractivity contribution in [2.75, 3.05) is 14.2 Å². The Balaban J connectivity index is 2.56. The highest BCUT2D eigenvalue weighted by Crippen LogP contribution is 2.29. The molecule has 98 valence electrons. The van der Waals surface area contributed by atoms with Crippen LogP contribution in [0.2, 0.25) is 5.28 Å². The van der Waals surface area contributed by atoms with E-state index in [-0.39, 0.29) is 11.0 Å². The Kier molecular flexibility index (Phi) is 3.97. The van der Waals surface area contributed by atoms with E-state index in [2.05, 4.69) is 14.7 Å². The molecule has 0 saturated carbocycles. The van der Waals surface area contributed by atoms with Crippen molar-refractivity contribution in [1.82, 2.24) is 9.97 Å². The van der Waals surface area contributed by atoms with E-state index >= 15 is 0 Å². The number of carbonyl (C=O) groups is 1. The Morgan fingerprint density at radius 2 is 1.95 bits per heavy atom.